The fourth-order valence-electron chi connectivity index (χ4n) is 1.35. The van der Waals surface area contributed by atoms with Crippen molar-refractivity contribution in [3.05, 3.63) is 40.4 Å². The van der Waals surface area contributed by atoms with Gasteiger partial charge in [-0.15, -0.1) is 0 Å². The minimum absolute atomic E-state index is 0.388. The molecule has 2 rings (SSSR count). The van der Waals surface area contributed by atoms with Gasteiger partial charge in [0.25, 0.3) is 0 Å². The zero-order valence-corrected chi connectivity index (χ0v) is 9.80. The van der Waals surface area contributed by atoms with Gasteiger partial charge in [0.2, 0.25) is 4.77 Å². The van der Waals surface area contributed by atoms with Crippen LogP contribution in [-0.4, -0.2) is 15.2 Å². The Morgan fingerprint density at radius 1 is 1.25 bits per heavy atom. The molecule has 0 bridgehead atoms. The third-order valence-corrected chi connectivity index (χ3v) is 2.45. The van der Waals surface area contributed by atoms with Crippen molar-refractivity contribution in [1.29, 1.82) is 0 Å². The summed E-state index contributed by atoms with van der Waals surface area (Å²) in [6.45, 7) is 2.51. The topological polar surface area (TPSA) is 53.7 Å². The summed E-state index contributed by atoms with van der Waals surface area (Å²) in [7, 11) is 0. The zero-order chi connectivity index (χ0) is 11.4. The van der Waals surface area contributed by atoms with Crippen LogP contribution in [0.1, 0.15) is 18.3 Å². The minimum atomic E-state index is 0.388. The second-order valence-corrected chi connectivity index (χ2v) is 3.79. The molecule has 0 saturated heterocycles. The molecule has 2 aromatic rings. The third kappa shape index (κ3) is 2.70. The molecule has 5 heteroatoms. The van der Waals surface area contributed by atoms with E-state index < -0.39 is 0 Å². The SMILES string of the molecule is CCc1ccc(OCc2nc(=S)[nH][nH]2)cc1. The van der Waals surface area contributed by atoms with Gasteiger partial charge in [0, 0.05) is 0 Å². The Morgan fingerprint density at radius 3 is 2.56 bits per heavy atom. The highest BCUT2D eigenvalue weighted by molar-refractivity contribution is 7.71. The van der Waals surface area contributed by atoms with Gasteiger partial charge in [0.05, 0.1) is 0 Å². The first-order chi connectivity index (χ1) is 7.78. The lowest BCUT2D eigenvalue weighted by Crippen LogP contribution is -1.97. The van der Waals surface area contributed by atoms with Gasteiger partial charge < -0.3 is 4.74 Å². The molecule has 0 aliphatic carbocycles. The van der Waals surface area contributed by atoms with Crippen LogP contribution in [0.3, 0.4) is 0 Å². The summed E-state index contributed by atoms with van der Waals surface area (Å²) < 4.78 is 5.99. The van der Waals surface area contributed by atoms with E-state index in [-0.39, 0.29) is 0 Å². The van der Waals surface area contributed by atoms with Crippen LogP contribution >= 0.6 is 12.2 Å². The van der Waals surface area contributed by atoms with E-state index in [1.165, 1.54) is 5.56 Å². The van der Waals surface area contributed by atoms with Gasteiger partial charge in [-0.2, -0.15) is 0 Å². The molecule has 0 aliphatic heterocycles. The van der Waals surface area contributed by atoms with Gasteiger partial charge in [-0.1, -0.05) is 19.1 Å². The van der Waals surface area contributed by atoms with Gasteiger partial charge in [-0.25, -0.2) is 4.98 Å². The molecule has 1 aromatic carbocycles. The van der Waals surface area contributed by atoms with Crippen molar-refractivity contribution in [3.8, 4) is 5.75 Å². The maximum absolute atomic E-state index is 5.54. The number of hydrogen-bond donors (Lipinski definition) is 2. The van der Waals surface area contributed by atoms with E-state index >= 15 is 0 Å². The molecule has 16 heavy (non-hydrogen) atoms. The van der Waals surface area contributed by atoms with Crippen molar-refractivity contribution in [3.63, 3.8) is 0 Å². The Bertz CT molecular complexity index is 500. The zero-order valence-electron chi connectivity index (χ0n) is 8.99. The molecule has 0 aliphatic rings. The fourth-order valence-corrected chi connectivity index (χ4v) is 1.51. The molecule has 0 spiro atoms. The third-order valence-electron chi connectivity index (χ3n) is 2.26. The molecule has 0 amide bonds. The van der Waals surface area contributed by atoms with Gasteiger partial charge in [-0.3, -0.25) is 10.2 Å². The molecule has 0 fully saturated rings. The van der Waals surface area contributed by atoms with Crippen LogP contribution in [0.25, 0.3) is 0 Å². The molecule has 4 nitrogen and oxygen atoms in total. The smallest absolute Gasteiger partial charge is 0.213 e. The summed E-state index contributed by atoms with van der Waals surface area (Å²) in [4.78, 5) is 4.04. The van der Waals surface area contributed by atoms with E-state index in [1.54, 1.807) is 0 Å². The fraction of sp³-hybridized carbons (Fsp3) is 0.273. The van der Waals surface area contributed by atoms with Crippen molar-refractivity contribution < 1.29 is 4.74 Å². The Kier molecular flexibility index (Phi) is 3.36. The number of rotatable bonds is 4. The van der Waals surface area contributed by atoms with Crippen LogP contribution in [0, 0.1) is 4.77 Å². The van der Waals surface area contributed by atoms with Crippen LogP contribution in [-0.2, 0) is 13.0 Å². The molecular formula is C11H13N3OS. The van der Waals surface area contributed by atoms with Crippen molar-refractivity contribution in [2.75, 3.05) is 0 Å². The summed E-state index contributed by atoms with van der Waals surface area (Å²) in [6.07, 6.45) is 1.03. The second kappa shape index (κ2) is 4.94. The van der Waals surface area contributed by atoms with E-state index in [4.69, 9.17) is 17.0 Å². The van der Waals surface area contributed by atoms with Gasteiger partial charge in [0.15, 0.2) is 5.82 Å². The van der Waals surface area contributed by atoms with Gasteiger partial charge in [-0.05, 0) is 36.3 Å². The van der Waals surface area contributed by atoms with Gasteiger partial charge >= 0.3 is 0 Å². The molecule has 0 radical (unpaired) electrons. The summed E-state index contributed by atoms with van der Waals surface area (Å²) in [5.41, 5.74) is 1.30. The van der Waals surface area contributed by atoms with Crippen LogP contribution in [0.2, 0.25) is 0 Å². The quantitative estimate of drug-likeness (QED) is 0.801. The highest BCUT2D eigenvalue weighted by Gasteiger charge is 1.98. The largest absolute Gasteiger partial charge is 0.486 e. The lowest BCUT2D eigenvalue weighted by molar-refractivity contribution is 0.296. The number of nitrogens with one attached hydrogen (secondary N) is 2. The number of H-pyrrole nitrogens is 2. The molecule has 0 saturated carbocycles. The minimum Gasteiger partial charge on any atom is -0.486 e. The number of aromatic nitrogens is 3. The number of aromatic amines is 2. The Morgan fingerprint density at radius 2 is 2.00 bits per heavy atom. The predicted molar refractivity (Wildman–Crippen MR) is 63.9 cm³/mol. The summed E-state index contributed by atoms with van der Waals surface area (Å²) >= 11 is 4.84. The van der Waals surface area contributed by atoms with E-state index in [2.05, 4.69) is 34.2 Å². The predicted octanol–water partition coefficient (Wildman–Crippen LogP) is 2.61. The van der Waals surface area contributed by atoms with Crippen molar-refractivity contribution in [2.24, 2.45) is 0 Å². The van der Waals surface area contributed by atoms with Crippen molar-refractivity contribution in [2.45, 2.75) is 20.0 Å². The molecule has 0 atom stereocenters. The average Bonchev–Trinajstić information content (AvgIpc) is 2.73. The first-order valence-corrected chi connectivity index (χ1v) is 5.54. The summed E-state index contributed by atoms with van der Waals surface area (Å²) in [5.74, 6) is 1.53. The molecular weight excluding hydrogens is 222 g/mol. The number of benzene rings is 1. The molecule has 1 heterocycles. The summed E-state index contributed by atoms with van der Waals surface area (Å²) in [6, 6.07) is 8.03. The number of ether oxygens (including phenoxy) is 1. The second-order valence-electron chi connectivity index (χ2n) is 3.40. The standard InChI is InChI=1S/C11H13N3OS/c1-2-8-3-5-9(6-4-8)15-7-10-12-11(16)14-13-10/h3-6H,2,7H2,1H3,(H2,12,13,14,16). The van der Waals surface area contributed by atoms with Crippen LogP contribution in [0.5, 0.6) is 5.75 Å². The maximum Gasteiger partial charge on any atom is 0.213 e. The Balaban J connectivity index is 1.96. The maximum atomic E-state index is 5.54. The highest BCUT2D eigenvalue weighted by atomic mass is 32.1. The Labute approximate surface area is 98.7 Å². The van der Waals surface area contributed by atoms with Crippen LogP contribution < -0.4 is 4.74 Å². The molecule has 2 N–H and O–H groups in total. The Hall–Kier alpha value is -1.62. The average molecular weight is 235 g/mol. The van der Waals surface area contributed by atoms with Crippen LogP contribution in [0.4, 0.5) is 0 Å². The van der Waals surface area contributed by atoms with Crippen molar-refractivity contribution >= 4 is 12.2 Å². The summed E-state index contributed by atoms with van der Waals surface area (Å²) in [5, 5.41) is 5.55. The molecule has 1 aromatic heterocycles. The molecule has 84 valence electrons. The van der Waals surface area contributed by atoms with Crippen LogP contribution in [0.15, 0.2) is 24.3 Å². The first-order valence-electron chi connectivity index (χ1n) is 5.13. The lowest BCUT2D eigenvalue weighted by Gasteiger charge is -2.04. The lowest BCUT2D eigenvalue weighted by atomic mass is 10.2. The number of hydrogen-bond acceptors (Lipinski definition) is 3. The normalized spacial score (nSPS) is 10.3. The number of nitrogens with zero attached hydrogens (tertiary/aromatic N) is 1. The number of aryl methyl sites for hydroxylation is 1. The van der Waals surface area contributed by atoms with E-state index in [0.717, 1.165) is 12.2 Å². The molecule has 0 unspecified atom stereocenters. The van der Waals surface area contributed by atoms with Crippen molar-refractivity contribution in [1.82, 2.24) is 15.2 Å². The highest BCUT2D eigenvalue weighted by Crippen LogP contribution is 2.13. The van der Waals surface area contributed by atoms with E-state index in [1.807, 2.05) is 12.1 Å². The first kappa shape index (κ1) is 10.9. The van der Waals surface area contributed by atoms with Gasteiger partial charge in [0.1, 0.15) is 12.4 Å². The van der Waals surface area contributed by atoms with E-state index in [9.17, 15) is 0 Å². The van der Waals surface area contributed by atoms with E-state index in [0.29, 0.717) is 17.2 Å². The monoisotopic (exact) mass is 235 g/mol.